The summed E-state index contributed by atoms with van der Waals surface area (Å²) in [6.07, 6.45) is 0. The van der Waals surface area contributed by atoms with Crippen LogP contribution in [0.5, 0.6) is 5.75 Å². The lowest BCUT2D eigenvalue weighted by Crippen LogP contribution is -2.38. The van der Waals surface area contributed by atoms with Crippen molar-refractivity contribution in [2.24, 2.45) is 0 Å². The van der Waals surface area contributed by atoms with E-state index in [2.05, 4.69) is 5.32 Å². The Bertz CT molecular complexity index is 866. The van der Waals surface area contributed by atoms with Gasteiger partial charge in [-0.15, -0.1) is 0 Å². The largest absolute Gasteiger partial charge is 0.497 e. The summed E-state index contributed by atoms with van der Waals surface area (Å²) in [5.74, 6) is -2.47. The van der Waals surface area contributed by atoms with Gasteiger partial charge in [0.05, 0.1) is 13.7 Å². The number of halogens is 2. The topological polar surface area (TPSA) is 75.7 Å². The summed E-state index contributed by atoms with van der Waals surface area (Å²) >= 11 is 0. The minimum absolute atomic E-state index is 0.133. The smallest absolute Gasteiger partial charge is 0.249 e. The number of benzene rings is 2. The standard InChI is InChI=1S/C17H18F2N2O4S/c1-3-21(26(23,24)17-14(18)5-4-6-15(17)19)11-16(22)20-12-7-9-13(25-2)10-8-12/h4-10H,3,11H2,1-2H3,(H,20,22). The molecule has 140 valence electrons. The number of carbonyl (C=O) groups is 1. The molecule has 0 aliphatic heterocycles. The lowest BCUT2D eigenvalue weighted by atomic mass is 10.3. The van der Waals surface area contributed by atoms with Gasteiger partial charge >= 0.3 is 0 Å². The van der Waals surface area contributed by atoms with Crippen LogP contribution in [0.2, 0.25) is 0 Å². The molecule has 26 heavy (non-hydrogen) atoms. The summed E-state index contributed by atoms with van der Waals surface area (Å²) < 4.78 is 58.4. The Balaban J connectivity index is 2.18. The first-order chi connectivity index (χ1) is 12.3. The number of likely N-dealkylation sites (N-methyl/N-ethyl adjacent to an activating group) is 1. The van der Waals surface area contributed by atoms with E-state index in [0.717, 1.165) is 18.2 Å². The van der Waals surface area contributed by atoms with E-state index < -0.39 is 39.0 Å². The van der Waals surface area contributed by atoms with Gasteiger partial charge in [0.25, 0.3) is 0 Å². The van der Waals surface area contributed by atoms with Gasteiger partial charge in [-0.25, -0.2) is 17.2 Å². The molecule has 0 saturated heterocycles. The Hall–Kier alpha value is -2.52. The van der Waals surface area contributed by atoms with Crippen molar-refractivity contribution in [1.82, 2.24) is 4.31 Å². The van der Waals surface area contributed by atoms with E-state index in [-0.39, 0.29) is 6.54 Å². The van der Waals surface area contributed by atoms with Gasteiger partial charge in [-0.05, 0) is 36.4 Å². The van der Waals surface area contributed by atoms with E-state index in [1.165, 1.54) is 14.0 Å². The summed E-state index contributed by atoms with van der Waals surface area (Å²) in [4.78, 5) is 11.1. The van der Waals surface area contributed by atoms with Gasteiger partial charge in [0.1, 0.15) is 17.4 Å². The molecule has 2 aromatic carbocycles. The normalized spacial score (nSPS) is 11.4. The summed E-state index contributed by atoms with van der Waals surface area (Å²) in [7, 11) is -3.01. The summed E-state index contributed by atoms with van der Waals surface area (Å²) in [5.41, 5.74) is 0.432. The number of anilines is 1. The number of ether oxygens (including phenoxy) is 1. The first kappa shape index (κ1) is 19.8. The van der Waals surface area contributed by atoms with Gasteiger partial charge < -0.3 is 10.1 Å². The Morgan fingerprint density at radius 1 is 1.12 bits per heavy atom. The average molecular weight is 384 g/mol. The first-order valence-electron chi connectivity index (χ1n) is 7.67. The van der Waals surface area contributed by atoms with Gasteiger partial charge in [0.15, 0.2) is 4.90 Å². The maximum absolute atomic E-state index is 13.8. The van der Waals surface area contributed by atoms with Crippen molar-refractivity contribution in [3.63, 3.8) is 0 Å². The molecule has 0 radical (unpaired) electrons. The van der Waals surface area contributed by atoms with E-state index in [9.17, 15) is 22.0 Å². The molecular formula is C17H18F2N2O4S. The van der Waals surface area contributed by atoms with Gasteiger partial charge in [-0.1, -0.05) is 13.0 Å². The van der Waals surface area contributed by atoms with Crippen LogP contribution in [0, 0.1) is 11.6 Å². The average Bonchev–Trinajstić information content (AvgIpc) is 2.59. The van der Waals surface area contributed by atoms with Crippen LogP contribution in [0.3, 0.4) is 0 Å². The van der Waals surface area contributed by atoms with Crippen molar-refractivity contribution in [3.05, 3.63) is 54.1 Å². The Morgan fingerprint density at radius 2 is 1.69 bits per heavy atom. The van der Waals surface area contributed by atoms with E-state index in [1.54, 1.807) is 24.3 Å². The number of nitrogens with zero attached hydrogens (tertiary/aromatic N) is 1. The first-order valence-corrected chi connectivity index (χ1v) is 9.11. The predicted molar refractivity (Wildman–Crippen MR) is 92.4 cm³/mol. The molecule has 1 N–H and O–H groups in total. The van der Waals surface area contributed by atoms with Crippen molar-refractivity contribution < 1.29 is 26.7 Å². The van der Waals surface area contributed by atoms with E-state index in [0.29, 0.717) is 15.7 Å². The number of sulfonamides is 1. The molecule has 6 nitrogen and oxygen atoms in total. The molecule has 0 aromatic heterocycles. The molecule has 9 heteroatoms. The molecule has 0 spiro atoms. The maximum atomic E-state index is 13.8. The van der Waals surface area contributed by atoms with Crippen LogP contribution < -0.4 is 10.1 Å². The number of nitrogens with one attached hydrogen (secondary N) is 1. The van der Waals surface area contributed by atoms with Crippen LogP contribution in [0.15, 0.2) is 47.4 Å². The predicted octanol–water partition coefficient (Wildman–Crippen LogP) is 2.62. The highest BCUT2D eigenvalue weighted by Crippen LogP contribution is 2.22. The van der Waals surface area contributed by atoms with Crippen LogP contribution in [-0.2, 0) is 14.8 Å². The van der Waals surface area contributed by atoms with Gasteiger partial charge in [-0.3, -0.25) is 4.79 Å². The second kappa shape index (κ2) is 8.24. The van der Waals surface area contributed by atoms with Crippen molar-refractivity contribution in [2.75, 3.05) is 25.5 Å². The monoisotopic (exact) mass is 384 g/mol. The fourth-order valence-corrected chi connectivity index (χ4v) is 3.77. The molecule has 1 amide bonds. The van der Waals surface area contributed by atoms with Crippen LogP contribution in [0.4, 0.5) is 14.5 Å². The molecule has 0 saturated carbocycles. The van der Waals surface area contributed by atoms with Crippen LogP contribution in [0.1, 0.15) is 6.92 Å². The second-order valence-electron chi connectivity index (χ2n) is 5.26. The van der Waals surface area contributed by atoms with Crippen molar-refractivity contribution in [3.8, 4) is 5.75 Å². The third-order valence-corrected chi connectivity index (χ3v) is 5.54. The highest BCUT2D eigenvalue weighted by molar-refractivity contribution is 7.89. The van der Waals surface area contributed by atoms with E-state index in [4.69, 9.17) is 4.74 Å². The zero-order valence-corrected chi connectivity index (χ0v) is 15.0. The number of methoxy groups -OCH3 is 1. The van der Waals surface area contributed by atoms with Crippen LogP contribution in [0.25, 0.3) is 0 Å². The molecule has 0 unspecified atom stereocenters. The maximum Gasteiger partial charge on any atom is 0.249 e. The Morgan fingerprint density at radius 3 is 2.19 bits per heavy atom. The van der Waals surface area contributed by atoms with Crippen molar-refractivity contribution >= 4 is 21.6 Å². The SMILES string of the molecule is CCN(CC(=O)Nc1ccc(OC)cc1)S(=O)(=O)c1c(F)cccc1F. The molecule has 2 aromatic rings. The number of amides is 1. The third kappa shape index (κ3) is 4.36. The fourth-order valence-electron chi connectivity index (χ4n) is 2.26. The van der Waals surface area contributed by atoms with E-state index >= 15 is 0 Å². The molecular weight excluding hydrogens is 366 g/mol. The third-order valence-electron chi connectivity index (χ3n) is 3.56. The molecule has 0 atom stereocenters. The molecule has 0 bridgehead atoms. The zero-order valence-electron chi connectivity index (χ0n) is 14.2. The lowest BCUT2D eigenvalue weighted by molar-refractivity contribution is -0.116. The molecule has 0 aliphatic carbocycles. The molecule has 0 heterocycles. The molecule has 2 rings (SSSR count). The summed E-state index contributed by atoms with van der Waals surface area (Å²) in [5, 5.41) is 2.52. The minimum atomic E-state index is -4.51. The summed E-state index contributed by atoms with van der Waals surface area (Å²) in [6.45, 7) is 0.752. The Kier molecular flexibility index (Phi) is 6.27. The minimum Gasteiger partial charge on any atom is -0.497 e. The van der Waals surface area contributed by atoms with Gasteiger partial charge in [-0.2, -0.15) is 4.31 Å². The van der Waals surface area contributed by atoms with Gasteiger partial charge in [0, 0.05) is 12.2 Å². The highest BCUT2D eigenvalue weighted by atomic mass is 32.2. The number of hydrogen-bond acceptors (Lipinski definition) is 4. The van der Waals surface area contributed by atoms with Gasteiger partial charge in [0.2, 0.25) is 15.9 Å². The number of carbonyl (C=O) groups excluding carboxylic acids is 1. The highest BCUT2D eigenvalue weighted by Gasteiger charge is 2.31. The Labute approximate surface area is 150 Å². The fraction of sp³-hybridized carbons (Fsp3) is 0.235. The van der Waals surface area contributed by atoms with Crippen LogP contribution >= 0.6 is 0 Å². The van der Waals surface area contributed by atoms with Crippen LogP contribution in [-0.4, -0.2) is 38.8 Å². The number of hydrogen-bond donors (Lipinski definition) is 1. The summed E-state index contributed by atoms with van der Waals surface area (Å²) in [6, 6.07) is 9.17. The quantitative estimate of drug-likeness (QED) is 0.796. The zero-order chi connectivity index (χ0) is 19.3. The molecule has 0 fully saturated rings. The molecule has 0 aliphatic rings. The van der Waals surface area contributed by atoms with E-state index in [1.807, 2.05) is 0 Å². The lowest BCUT2D eigenvalue weighted by Gasteiger charge is -2.20. The van der Waals surface area contributed by atoms with Crippen molar-refractivity contribution in [1.29, 1.82) is 0 Å². The van der Waals surface area contributed by atoms with Crippen molar-refractivity contribution in [2.45, 2.75) is 11.8 Å². The number of rotatable bonds is 7. The second-order valence-corrected chi connectivity index (χ2v) is 7.13.